The van der Waals surface area contributed by atoms with Gasteiger partial charge in [0.1, 0.15) is 47.8 Å². The molecule has 3 aliphatic heterocycles. The van der Waals surface area contributed by atoms with Gasteiger partial charge in [-0.3, -0.25) is 57.5 Å². The minimum atomic E-state index is -4.76. The van der Waals surface area contributed by atoms with E-state index in [1.165, 1.54) is 79.9 Å². The molecule has 1 spiro atoms. The van der Waals surface area contributed by atoms with Crippen molar-refractivity contribution >= 4 is 82.5 Å². The molecule has 1 aromatic carbocycles. The number of hydrogen-bond acceptors (Lipinski definition) is 12. The van der Waals surface area contributed by atoms with Crippen molar-refractivity contribution in [3.05, 3.63) is 34.3 Å². The van der Waals surface area contributed by atoms with Crippen LogP contribution in [0.25, 0.3) is 0 Å². The molecule has 3 N–H and O–H groups in total. The highest BCUT2D eigenvalue weighted by molar-refractivity contribution is 6.31. The topological polar surface area (TPSA) is 270 Å². The van der Waals surface area contributed by atoms with Crippen molar-refractivity contribution in [3.63, 3.8) is 0 Å². The van der Waals surface area contributed by atoms with Crippen LogP contribution in [0.2, 0.25) is 5.02 Å². The molecule has 0 radical (unpaired) electrons. The Morgan fingerprint density at radius 2 is 1.24 bits per heavy atom. The molecule has 548 valence electrons. The van der Waals surface area contributed by atoms with E-state index in [1.807, 2.05) is 27.7 Å². The Morgan fingerprint density at radius 1 is 0.633 bits per heavy atom. The van der Waals surface area contributed by atoms with Crippen LogP contribution in [-0.4, -0.2) is 251 Å². The van der Waals surface area contributed by atoms with Gasteiger partial charge in [-0.2, -0.15) is 13.2 Å². The molecule has 28 heteroatoms. The molecule has 8 atom stereocenters. The molecule has 5 fully saturated rings. The van der Waals surface area contributed by atoms with Gasteiger partial charge in [0, 0.05) is 69.0 Å². The van der Waals surface area contributed by atoms with Gasteiger partial charge in [0.05, 0.1) is 36.6 Å². The Bertz CT molecular complexity index is 3030. The van der Waals surface area contributed by atoms with E-state index in [-0.39, 0.29) is 57.4 Å². The zero-order chi connectivity index (χ0) is 72.7. The number of amides is 12. The average molecular weight is 1400 g/mol. The second-order valence-corrected chi connectivity index (χ2v) is 29.0. The fourth-order valence-corrected chi connectivity index (χ4v) is 14.9. The third kappa shape index (κ3) is 20.1. The van der Waals surface area contributed by atoms with E-state index in [2.05, 4.69) is 16.0 Å². The van der Waals surface area contributed by atoms with Crippen LogP contribution in [0.3, 0.4) is 0 Å². The van der Waals surface area contributed by atoms with Crippen LogP contribution in [0.1, 0.15) is 181 Å². The van der Waals surface area contributed by atoms with Crippen molar-refractivity contribution < 1.29 is 70.7 Å². The highest BCUT2D eigenvalue weighted by atomic mass is 35.5. The van der Waals surface area contributed by atoms with Crippen LogP contribution < -0.4 is 16.0 Å². The summed E-state index contributed by atoms with van der Waals surface area (Å²) in [5.41, 5.74) is -2.34. The number of rotatable bonds is 12. The first-order chi connectivity index (χ1) is 46.2. The lowest BCUT2D eigenvalue weighted by Crippen LogP contribution is -2.65. The van der Waals surface area contributed by atoms with E-state index in [1.54, 1.807) is 11.8 Å². The van der Waals surface area contributed by atoms with E-state index >= 15 is 28.8 Å². The molecule has 2 aliphatic carbocycles. The van der Waals surface area contributed by atoms with Gasteiger partial charge >= 0.3 is 6.18 Å². The standard InChI is InChI=1S/C70H108ClF3N12O12/c1-13-15-27-52-64(94)79(7)41-55(87)75-50(32-30-46-29-31-48(49(71)39-46)70(72,73)74)63(93)86-37-24-28-51(86)62(92)77-69(33-20-21-34-69)68(98)84(12)60(47-25-18-16-19-26-47)67(97)83(11)54(65(95)85-35-22-17-23-36-85)40-56(88)82(10)53(38-44(3)4)61(91)76-59(45(5)14-2)66(96)80(8)42-57(89)78(6)43-58(90)81(52)9/h29,31,39,44-45,47,50-54,59-60H,13-28,30,32-38,40-43H2,1-12H3,(H,75,87)(H,76,91)(H,77,92)/t45-,50-,51-,52-,53-,54-,59-,60-/m0/s1. The van der Waals surface area contributed by atoms with Gasteiger partial charge in [-0.25, -0.2) is 0 Å². The summed E-state index contributed by atoms with van der Waals surface area (Å²) in [5.74, 6) is -8.83. The molecule has 5 aliphatic rings. The maximum atomic E-state index is 15.8. The first-order valence-corrected chi connectivity index (χ1v) is 35.7. The summed E-state index contributed by atoms with van der Waals surface area (Å²) >= 11 is 6.13. The summed E-state index contributed by atoms with van der Waals surface area (Å²) in [6.07, 6.45) is 3.75. The largest absolute Gasteiger partial charge is 0.417 e. The second kappa shape index (κ2) is 35.8. The predicted octanol–water partition coefficient (Wildman–Crippen LogP) is 5.64. The number of unbranched alkanes of at least 4 members (excludes halogenated alkanes) is 1. The normalized spacial score (nSPS) is 26.1. The molecule has 0 unspecified atom stereocenters. The zero-order valence-corrected chi connectivity index (χ0v) is 60.5. The van der Waals surface area contributed by atoms with Crippen molar-refractivity contribution in [1.29, 1.82) is 0 Å². The van der Waals surface area contributed by atoms with E-state index in [0.717, 1.165) is 52.5 Å². The number of likely N-dealkylation sites (N-methyl/N-ethyl adjacent to an activating group) is 7. The molecule has 12 amide bonds. The SMILES string of the molecule is CCCC[C@H]1C(=O)N(C)CC(=O)N[C@@H](CCc2ccc(C(F)(F)F)c(Cl)c2)C(=O)N2CCC[C@H]2C(=O)NC2(CCCC2)C(=O)N(C)[C@@H](C2CCCCC2)C(=O)N(C)[C@H](C(=O)N2CCCCC2)CC(=O)N(C)[C@@H](CC(C)C)C(=O)N[C@@H]([C@@H](C)CC)C(=O)N(C)CC(=O)N(C)CC(=O)N1C. The van der Waals surface area contributed by atoms with Crippen LogP contribution >= 0.6 is 11.6 Å². The molecular formula is C70H108ClF3N12O12. The lowest BCUT2D eigenvalue weighted by molar-refractivity contribution is -0.157. The number of fused-ring (bicyclic) bond motifs is 1. The summed E-state index contributed by atoms with van der Waals surface area (Å²) in [6, 6.07) is -5.56. The molecule has 1 aromatic rings. The third-order valence-electron chi connectivity index (χ3n) is 20.9. The molecule has 2 saturated carbocycles. The van der Waals surface area contributed by atoms with Gasteiger partial charge in [0.25, 0.3) is 0 Å². The number of benzene rings is 1. The van der Waals surface area contributed by atoms with Gasteiger partial charge in [-0.1, -0.05) is 104 Å². The number of aryl methyl sites for hydroxylation is 1. The van der Waals surface area contributed by atoms with Crippen molar-refractivity contribution in [2.24, 2.45) is 17.8 Å². The fraction of sp³-hybridized carbons (Fsp3) is 0.743. The Morgan fingerprint density at radius 3 is 1.85 bits per heavy atom. The smallest absolute Gasteiger partial charge is 0.343 e. The molecule has 0 bridgehead atoms. The predicted molar refractivity (Wildman–Crippen MR) is 362 cm³/mol. The van der Waals surface area contributed by atoms with Gasteiger partial charge in [-0.05, 0) is 119 Å². The maximum absolute atomic E-state index is 15.8. The minimum absolute atomic E-state index is 0.0359. The Balaban J connectivity index is 1.43. The van der Waals surface area contributed by atoms with Gasteiger partial charge in [-0.15, -0.1) is 0 Å². The maximum Gasteiger partial charge on any atom is 0.417 e. The number of nitrogens with one attached hydrogen (secondary N) is 3. The number of hydrogen-bond donors (Lipinski definition) is 3. The first-order valence-electron chi connectivity index (χ1n) is 35.3. The Labute approximate surface area is 581 Å². The van der Waals surface area contributed by atoms with Gasteiger partial charge < -0.3 is 60.0 Å². The van der Waals surface area contributed by atoms with Crippen LogP contribution in [0, 0.1) is 17.8 Å². The minimum Gasteiger partial charge on any atom is -0.343 e. The molecule has 3 heterocycles. The van der Waals surface area contributed by atoms with Crippen LogP contribution in [-0.2, 0) is 70.1 Å². The molecule has 3 saturated heterocycles. The van der Waals surface area contributed by atoms with Crippen molar-refractivity contribution in [3.8, 4) is 0 Å². The number of carbonyl (C=O) groups is 12. The molecule has 6 rings (SSSR count). The quantitative estimate of drug-likeness (QED) is 0.229. The summed E-state index contributed by atoms with van der Waals surface area (Å²) in [5, 5.41) is 8.13. The van der Waals surface area contributed by atoms with Crippen LogP contribution in [0.15, 0.2) is 18.2 Å². The second-order valence-electron chi connectivity index (χ2n) is 28.6. The van der Waals surface area contributed by atoms with Crippen molar-refractivity contribution in [1.82, 2.24) is 60.0 Å². The Hall–Kier alpha value is -7.06. The van der Waals surface area contributed by atoms with Crippen molar-refractivity contribution in [2.75, 3.05) is 88.6 Å². The number of likely N-dealkylation sites (tertiary alicyclic amines) is 1. The van der Waals surface area contributed by atoms with Gasteiger partial charge in [0.2, 0.25) is 70.9 Å². The van der Waals surface area contributed by atoms with Crippen LogP contribution in [0.5, 0.6) is 0 Å². The number of nitrogens with zero attached hydrogens (tertiary/aromatic N) is 9. The van der Waals surface area contributed by atoms with E-state index in [4.69, 9.17) is 11.6 Å². The fourth-order valence-electron chi connectivity index (χ4n) is 14.6. The lowest BCUT2D eigenvalue weighted by atomic mass is 9.81. The third-order valence-corrected chi connectivity index (χ3v) is 21.2. The number of piperidine rings is 1. The Kier molecular flexibility index (Phi) is 29.2. The number of halogens is 4. The highest BCUT2D eigenvalue weighted by Gasteiger charge is 2.51. The number of carbonyl (C=O) groups excluding carboxylic acids is 12. The summed E-state index contributed by atoms with van der Waals surface area (Å²) in [6.45, 7) is 8.29. The van der Waals surface area contributed by atoms with Crippen LogP contribution in [0.4, 0.5) is 13.2 Å². The first kappa shape index (κ1) is 79.9. The van der Waals surface area contributed by atoms with Crippen molar-refractivity contribution in [2.45, 2.75) is 230 Å². The van der Waals surface area contributed by atoms with Gasteiger partial charge in [0.15, 0.2) is 0 Å². The summed E-state index contributed by atoms with van der Waals surface area (Å²) < 4.78 is 41.5. The monoisotopic (exact) mass is 1400 g/mol. The molecule has 0 aromatic heterocycles. The summed E-state index contributed by atoms with van der Waals surface area (Å²) in [7, 11) is 9.90. The van der Waals surface area contributed by atoms with E-state index in [9.17, 15) is 41.9 Å². The highest BCUT2D eigenvalue weighted by Crippen LogP contribution is 2.38. The average Bonchev–Trinajstić information content (AvgIpc) is 1.42. The number of alkyl halides is 3. The molecule has 24 nitrogen and oxygen atoms in total. The van der Waals surface area contributed by atoms with E-state index < -0.39 is 173 Å². The molecular weight excluding hydrogens is 1290 g/mol. The summed E-state index contributed by atoms with van der Waals surface area (Å²) in [4.78, 5) is 190. The van der Waals surface area contributed by atoms with E-state index in [0.29, 0.717) is 82.9 Å². The lowest BCUT2D eigenvalue weighted by Gasteiger charge is -2.43. The molecule has 98 heavy (non-hydrogen) atoms. The zero-order valence-electron chi connectivity index (χ0n) is 59.7.